The first-order valence-corrected chi connectivity index (χ1v) is 5.44. The molecule has 2 rings (SSSR count). The first-order valence-electron chi connectivity index (χ1n) is 4.22. The Hall–Kier alpha value is -0.460. The third-order valence-corrected chi connectivity index (χ3v) is 3.05. The largest absolute Gasteiger partial charge is 0.381 e. The molecule has 2 heterocycles. The second-order valence-electron chi connectivity index (χ2n) is 3.03. The Kier molecular flexibility index (Phi) is 2.92. The SMILES string of the molecule is S=c1[nH]nc(NCC2CCOC2)s1. The van der Waals surface area contributed by atoms with E-state index in [0.717, 1.165) is 31.3 Å². The molecule has 1 aromatic heterocycles. The van der Waals surface area contributed by atoms with Gasteiger partial charge in [-0.15, -0.1) is 5.10 Å². The minimum absolute atomic E-state index is 0.623. The van der Waals surface area contributed by atoms with E-state index in [4.69, 9.17) is 17.0 Å². The van der Waals surface area contributed by atoms with E-state index >= 15 is 0 Å². The highest BCUT2D eigenvalue weighted by Gasteiger charge is 2.15. The normalized spacial score (nSPS) is 22.0. The summed E-state index contributed by atoms with van der Waals surface area (Å²) in [5.41, 5.74) is 0. The molecule has 4 nitrogen and oxygen atoms in total. The van der Waals surface area contributed by atoms with Gasteiger partial charge >= 0.3 is 0 Å². The van der Waals surface area contributed by atoms with Gasteiger partial charge in [0.2, 0.25) is 5.13 Å². The van der Waals surface area contributed by atoms with Crippen molar-refractivity contribution in [2.24, 2.45) is 5.92 Å². The Labute approximate surface area is 85.3 Å². The molecule has 1 fully saturated rings. The summed E-state index contributed by atoms with van der Waals surface area (Å²) in [6.07, 6.45) is 1.14. The highest BCUT2D eigenvalue weighted by atomic mass is 32.1. The zero-order valence-electron chi connectivity index (χ0n) is 7.08. The van der Waals surface area contributed by atoms with Gasteiger partial charge in [0, 0.05) is 19.1 Å². The van der Waals surface area contributed by atoms with Crippen molar-refractivity contribution in [1.29, 1.82) is 0 Å². The summed E-state index contributed by atoms with van der Waals surface area (Å²) >= 11 is 6.38. The quantitative estimate of drug-likeness (QED) is 0.756. The van der Waals surface area contributed by atoms with E-state index in [2.05, 4.69) is 15.5 Å². The first kappa shape index (κ1) is 9.11. The van der Waals surface area contributed by atoms with Crippen LogP contribution in [0, 0.1) is 9.87 Å². The van der Waals surface area contributed by atoms with E-state index in [1.165, 1.54) is 11.3 Å². The van der Waals surface area contributed by atoms with Crippen LogP contribution in [0.25, 0.3) is 0 Å². The summed E-state index contributed by atoms with van der Waals surface area (Å²) in [6.45, 7) is 2.68. The van der Waals surface area contributed by atoms with Gasteiger partial charge in [-0.25, -0.2) is 0 Å². The van der Waals surface area contributed by atoms with E-state index in [1.807, 2.05) is 0 Å². The van der Waals surface area contributed by atoms with Gasteiger partial charge < -0.3 is 10.1 Å². The van der Waals surface area contributed by atoms with Crippen molar-refractivity contribution in [3.05, 3.63) is 3.95 Å². The molecule has 1 atom stereocenters. The minimum atomic E-state index is 0.623. The summed E-state index contributed by atoms with van der Waals surface area (Å²) in [4.78, 5) is 0. The van der Waals surface area contributed by atoms with Crippen LogP contribution in [0.5, 0.6) is 0 Å². The van der Waals surface area contributed by atoms with Crippen molar-refractivity contribution >= 4 is 28.7 Å². The molecule has 2 N–H and O–H groups in total. The van der Waals surface area contributed by atoms with Crippen LogP contribution in [-0.2, 0) is 4.74 Å². The zero-order chi connectivity index (χ0) is 9.10. The molecule has 13 heavy (non-hydrogen) atoms. The highest BCUT2D eigenvalue weighted by Crippen LogP contribution is 2.15. The number of nitrogens with one attached hydrogen (secondary N) is 2. The average molecular weight is 217 g/mol. The number of ether oxygens (including phenoxy) is 1. The van der Waals surface area contributed by atoms with Gasteiger partial charge in [-0.1, -0.05) is 11.3 Å². The van der Waals surface area contributed by atoms with Crippen LogP contribution < -0.4 is 5.32 Å². The topological polar surface area (TPSA) is 49.9 Å². The lowest BCUT2D eigenvalue weighted by Crippen LogP contribution is -2.13. The molecule has 0 radical (unpaired) electrons. The number of aromatic amines is 1. The molecule has 0 aromatic carbocycles. The second-order valence-corrected chi connectivity index (χ2v) is 4.69. The predicted octanol–water partition coefficient (Wildman–Crippen LogP) is 1.65. The molecule has 0 amide bonds. The van der Waals surface area contributed by atoms with Crippen molar-refractivity contribution in [1.82, 2.24) is 10.2 Å². The molecule has 1 aliphatic rings. The molecule has 0 saturated carbocycles. The van der Waals surface area contributed by atoms with Gasteiger partial charge in [-0.2, -0.15) is 0 Å². The van der Waals surface area contributed by atoms with Crippen molar-refractivity contribution in [2.75, 3.05) is 25.1 Å². The molecule has 72 valence electrons. The summed E-state index contributed by atoms with van der Waals surface area (Å²) in [5, 5.41) is 10.9. The third kappa shape index (κ3) is 2.49. The predicted molar refractivity (Wildman–Crippen MR) is 54.7 cm³/mol. The average Bonchev–Trinajstić information content (AvgIpc) is 2.71. The smallest absolute Gasteiger partial charge is 0.204 e. The number of H-pyrrole nitrogens is 1. The van der Waals surface area contributed by atoms with E-state index in [1.54, 1.807) is 0 Å². The molecule has 1 aliphatic heterocycles. The molecular weight excluding hydrogens is 206 g/mol. The summed E-state index contributed by atoms with van der Waals surface area (Å²) < 4.78 is 5.98. The van der Waals surface area contributed by atoms with Crippen molar-refractivity contribution in [3.63, 3.8) is 0 Å². The van der Waals surface area contributed by atoms with Gasteiger partial charge in [0.05, 0.1) is 6.61 Å². The second kappa shape index (κ2) is 4.17. The van der Waals surface area contributed by atoms with Crippen LogP contribution in [0.4, 0.5) is 5.13 Å². The molecule has 1 unspecified atom stereocenters. The number of hydrogen-bond donors (Lipinski definition) is 2. The Morgan fingerprint density at radius 2 is 2.69 bits per heavy atom. The van der Waals surface area contributed by atoms with Crippen LogP contribution in [0.2, 0.25) is 0 Å². The Bertz CT molecular complexity index is 316. The molecule has 0 spiro atoms. The third-order valence-electron chi connectivity index (χ3n) is 2.00. The number of aromatic nitrogens is 2. The molecule has 1 saturated heterocycles. The first-order chi connectivity index (χ1) is 6.34. The summed E-state index contributed by atoms with van der Waals surface area (Å²) in [6, 6.07) is 0. The van der Waals surface area contributed by atoms with Crippen LogP contribution in [0.3, 0.4) is 0 Å². The van der Waals surface area contributed by atoms with Crippen LogP contribution in [-0.4, -0.2) is 30.0 Å². The molecule has 1 aromatic rings. The minimum Gasteiger partial charge on any atom is -0.381 e. The molecular formula is C7H11N3OS2. The Morgan fingerprint density at radius 1 is 1.77 bits per heavy atom. The Morgan fingerprint density at radius 3 is 3.31 bits per heavy atom. The lowest BCUT2D eigenvalue weighted by Gasteiger charge is -2.06. The maximum absolute atomic E-state index is 5.27. The number of nitrogens with zero attached hydrogens (tertiary/aromatic N) is 1. The van der Waals surface area contributed by atoms with Crippen molar-refractivity contribution in [3.8, 4) is 0 Å². The highest BCUT2D eigenvalue weighted by molar-refractivity contribution is 7.73. The number of hydrogen-bond acceptors (Lipinski definition) is 5. The van der Waals surface area contributed by atoms with E-state index in [9.17, 15) is 0 Å². The van der Waals surface area contributed by atoms with Gasteiger partial charge in [0.15, 0.2) is 3.95 Å². The summed E-state index contributed by atoms with van der Waals surface area (Å²) in [7, 11) is 0. The number of anilines is 1. The fraction of sp³-hybridized carbons (Fsp3) is 0.714. The van der Waals surface area contributed by atoms with E-state index in [-0.39, 0.29) is 0 Å². The lowest BCUT2D eigenvalue weighted by molar-refractivity contribution is 0.187. The fourth-order valence-electron chi connectivity index (χ4n) is 1.28. The van der Waals surface area contributed by atoms with Gasteiger partial charge in [0.25, 0.3) is 0 Å². The Balaban J connectivity index is 1.82. The van der Waals surface area contributed by atoms with Crippen LogP contribution in [0.1, 0.15) is 6.42 Å². The maximum Gasteiger partial charge on any atom is 0.204 e. The van der Waals surface area contributed by atoms with Gasteiger partial charge in [-0.05, 0) is 18.6 Å². The van der Waals surface area contributed by atoms with Crippen LogP contribution in [0.15, 0.2) is 0 Å². The van der Waals surface area contributed by atoms with E-state index in [0.29, 0.717) is 9.87 Å². The molecule has 0 aliphatic carbocycles. The van der Waals surface area contributed by atoms with Crippen molar-refractivity contribution < 1.29 is 4.74 Å². The molecule has 0 bridgehead atoms. The lowest BCUT2D eigenvalue weighted by atomic mass is 10.1. The van der Waals surface area contributed by atoms with Crippen LogP contribution >= 0.6 is 23.6 Å². The number of rotatable bonds is 3. The zero-order valence-corrected chi connectivity index (χ0v) is 8.71. The van der Waals surface area contributed by atoms with Crippen molar-refractivity contribution in [2.45, 2.75) is 6.42 Å². The van der Waals surface area contributed by atoms with Gasteiger partial charge in [-0.3, -0.25) is 5.10 Å². The fourth-order valence-corrected chi connectivity index (χ4v) is 2.08. The standard InChI is InChI=1S/C7H11N3OS2/c12-7-10-9-6(13-7)8-3-5-1-2-11-4-5/h5H,1-4H2,(H,8,9)(H,10,12). The van der Waals surface area contributed by atoms with E-state index < -0.39 is 0 Å². The monoisotopic (exact) mass is 217 g/mol. The molecule has 6 heteroatoms. The maximum atomic E-state index is 5.27. The van der Waals surface area contributed by atoms with Gasteiger partial charge in [0.1, 0.15) is 0 Å². The summed E-state index contributed by atoms with van der Waals surface area (Å²) in [5.74, 6) is 0.623.